The summed E-state index contributed by atoms with van der Waals surface area (Å²) < 4.78 is 37.0. The second kappa shape index (κ2) is 16.7. The molecule has 0 spiro atoms. The molecule has 4 aromatic carbocycles. The predicted molar refractivity (Wildman–Crippen MR) is 210 cm³/mol. The van der Waals surface area contributed by atoms with Crippen molar-refractivity contribution in [2.24, 2.45) is 5.41 Å². The lowest BCUT2D eigenvalue weighted by atomic mass is 9.83. The van der Waals surface area contributed by atoms with Gasteiger partial charge in [0.1, 0.15) is 24.3 Å². The van der Waals surface area contributed by atoms with Crippen molar-refractivity contribution in [2.45, 2.75) is 65.6 Å². The van der Waals surface area contributed by atoms with Gasteiger partial charge in [-0.2, -0.15) is 0 Å². The van der Waals surface area contributed by atoms with Crippen LogP contribution in [0.5, 0.6) is 0 Å². The van der Waals surface area contributed by atoms with E-state index < -0.39 is 35.2 Å². The first-order chi connectivity index (χ1) is 26.3. The van der Waals surface area contributed by atoms with Gasteiger partial charge in [-0.3, -0.25) is 9.59 Å². The Morgan fingerprint density at radius 3 is 2.13 bits per heavy atom. The number of fused-ring (bicyclic) bond motifs is 3. The zero-order chi connectivity index (χ0) is 39.3. The summed E-state index contributed by atoms with van der Waals surface area (Å²) in [6, 6.07) is 29.9. The molecule has 6 rings (SSSR count). The fourth-order valence-electron chi connectivity index (χ4n) is 7.58. The van der Waals surface area contributed by atoms with Gasteiger partial charge in [0, 0.05) is 55.5 Å². The highest BCUT2D eigenvalue weighted by atomic mass is 19.1. The summed E-state index contributed by atoms with van der Waals surface area (Å²) in [7, 11) is 0. The lowest BCUT2D eigenvalue weighted by molar-refractivity contribution is -0.134. The molecule has 2 N–H and O–H groups in total. The van der Waals surface area contributed by atoms with Crippen molar-refractivity contribution in [2.75, 3.05) is 19.7 Å². The molecule has 286 valence electrons. The van der Waals surface area contributed by atoms with Crippen molar-refractivity contribution in [3.8, 4) is 22.3 Å². The van der Waals surface area contributed by atoms with Crippen LogP contribution < -0.4 is 10.6 Å². The molecule has 55 heavy (non-hydrogen) atoms. The van der Waals surface area contributed by atoms with E-state index in [9.17, 15) is 18.8 Å². The number of alkyl carbamates (subject to hydrolysis) is 1. The van der Waals surface area contributed by atoms with Crippen LogP contribution in [-0.4, -0.2) is 53.1 Å². The number of carbonyl (C=O) groups is 3. The van der Waals surface area contributed by atoms with Crippen molar-refractivity contribution in [3.63, 3.8) is 0 Å². The largest absolute Gasteiger partial charge is 0.449 e. The Hall–Kier alpha value is -5.77. The molecule has 8 nitrogen and oxygen atoms in total. The van der Waals surface area contributed by atoms with Gasteiger partial charge in [-0.25, -0.2) is 13.6 Å². The molecule has 0 bridgehead atoms. The van der Waals surface area contributed by atoms with Crippen molar-refractivity contribution in [1.82, 2.24) is 20.1 Å². The topological polar surface area (TPSA) is 92.7 Å². The molecule has 0 saturated carbocycles. The minimum Gasteiger partial charge on any atom is -0.449 e. The molecule has 1 aromatic heterocycles. The molecule has 10 heteroatoms. The standard InChI is InChI=1S/C45H48F2N4O4/c1-29(49-44(54)55-28-39-36-18-11-9-16-34(36)35-17-10-12-19-37(35)39)43(53)48-22-13-23-51(30(2)52)42(45(3,4)5)41-24-32(38-25-33(46)20-21-40(38)47)27-50(41)26-31-14-7-6-8-15-31/h6-12,14-21,24-25,27,29,39,42H,13,22-23,26,28H2,1-5H3,(H,48,53)(H,49,54)/t29-,42-/m0/s1. The third-order valence-corrected chi connectivity index (χ3v) is 10.1. The van der Waals surface area contributed by atoms with Crippen LogP contribution in [0.3, 0.4) is 0 Å². The number of amides is 3. The van der Waals surface area contributed by atoms with E-state index in [4.69, 9.17) is 4.74 Å². The first-order valence-corrected chi connectivity index (χ1v) is 18.7. The normalized spacial score (nSPS) is 13.4. The van der Waals surface area contributed by atoms with Gasteiger partial charge in [0.15, 0.2) is 0 Å². The molecule has 0 radical (unpaired) electrons. The van der Waals surface area contributed by atoms with Gasteiger partial charge in [0.05, 0.1) is 6.04 Å². The third kappa shape index (κ3) is 8.96. The average Bonchev–Trinajstić information content (AvgIpc) is 3.70. The SMILES string of the molecule is CC(=O)N(CCCNC(=O)[C@H](C)NC(=O)OCC1c2ccccc2-c2ccccc21)[C@@H](c1cc(-c2cc(F)ccc2F)cn1Cc1ccccc1)C(C)(C)C. The number of nitrogens with one attached hydrogen (secondary N) is 2. The van der Waals surface area contributed by atoms with Crippen molar-refractivity contribution in [1.29, 1.82) is 0 Å². The van der Waals surface area contributed by atoms with Crippen LogP contribution in [0.15, 0.2) is 109 Å². The maximum Gasteiger partial charge on any atom is 0.407 e. The summed E-state index contributed by atoms with van der Waals surface area (Å²) in [4.78, 5) is 41.0. The van der Waals surface area contributed by atoms with E-state index in [0.29, 0.717) is 25.1 Å². The quantitative estimate of drug-likeness (QED) is 0.118. The van der Waals surface area contributed by atoms with Crippen molar-refractivity contribution in [3.05, 3.63) is 143 Å². The number of rotatable bonds is 13. The molecule has 5 aromatic rings. The summed E-state index contributed by atoms with van der Waals surface area (Å²) in [6.45, 7) is 10.4. The van der Waals surface area contributed by atoms with E-state index in [1.54, 1.807) is 11.8 Å². The molecule has 1 aliphatic rings. The van der Waals surface area contributed by atoms with Crippen LogP contribution in [-0.2, 0) is 20.9 Å². The van der Waals surface area contributed by atoms with Crippen LogP contribution in [0.2, 0.25) is 0 Å². The third-order valence-electron chi connectivity index (χ3n) is 10.1. The van der Waals surface area contributed by atoms with Gasteiger partial charge < -0.3 is 24.8 Å². The first-order valence-electron chi connectivity index (χ1n) is 18.7. The molecule has 1 aliphatic carbocycles. The summed E-state index contributed by atoms with van der Waals surface area (Å²) in [5, 5.41) is 5.51. The highest BCUT2D eigenvalue weighted by Crippen LogP contribution is 2.45. The minimum absolute atomic E-state index is 0.0984. The monoisotopic (exact) mass is 746 g/mol. The fraction of sp³-hybridized carbons (Fsp3) is 0.311. The van der Waals surface area contributed by atoms with Gasteiger partial charge >= 0.3 is 6.09 Å². The first kappa shape index (κ1) is 38.9. The summed E-state index contributed by atoms with van der Waals surface area (Å²) in [5.74, 6) is -1.73. The van der Waals surface area contributed by atoms with Crippen molar-refractivity contribution >= 4 is 17.9 Å². The van der Waals surface area contributed by atoms with Crippen LogP contribution in [0.25, 0.3) is 22.3 Å². The molecular formula is C45H48F2N4O4. The van der Waals surface area contributed by atoms with E-state index in [1.807, 2.05) is 104 Å². The predicted octanol–water partition coefficient (Wildman–Crippen LogP) is 8.85. The minimum atomic E-state index is -0.857. The van der Waals surface area contributed by atoms with Crippen LogP contribution in [0, 0.1) is 17.0 Å². The van der Waals surface area contributed by atoms with Gasteiger partial charge in [-0.05, 0) is 70.8 Å². The van der Waals surface area contributed by atoms with E-state index >= 15 is 4.39 Å². The molecule has 0 fully saturated rings. The van der Waals surface area contributed by atoms with Gasteiger partial charge in [-0.1, -0.05) is 99.6 Å². The summed E-state index contributed by atoms with van der Waals surface area (Å²) in [6.07, 6.45) is 1.55. The lowest BCUT2D eigenvalue weighted by Crippen LogP contribution is -2.46. The molecule has 3 amide bonds. The molecule has 0 aliphatic heterocycles. The van der Waals surface area contributed by atoms with Gasteiger partial charge in [-0.15, -0.1) is 0 Å². The highest BCUT2D eigenvalue weighted by molar-refractivity contribution is 5.85. The highest BCUT2D eigenvalue weighted by Gasteiger charge is 2.36. The maximum absolute atomic E-state index is 15.0. The number of hydrogen-bond acceptors (Lipinski definition) is 4. The number of ether oxygens (including phenoxy) is 1. The van der Waals surface area contributed by atoms with Crippen molar-refractivity contribution < 1.29 is 27.9 Å². The molecule has 0 unspecified atom stereocenters. The zero-order valence-electron chi connectivity index (χ0n) is 31.9. The zero-order valence-corrected chi connectivity index (χ0v) is 31.9. The second-order valence-electron chi connectivity index (χ2n) is 15.2. The summed E-state index contributed by atoms with van der Waals surface area (Å²) >= 11 is 0. The van der Waals surface area contributed by atoms with E-state index in [2.05, 4.69) is 22.8 Å². The fourth-order valence-corrected chi connectivity index (χ4v) is 7.58. The maximum atomic E-state index is 15.0. The smallest absolute Gasteiger partial charge is 0.407 e. The number of aromatic nitrogens is 1. The second-order valence-corrected chi connectivity index (χ2v) is 15.2. The van der Waals surface area contributed by atoms with Crippen LogP contribution in [0.1, 0.15) is 75.4 Å². The average molecular weight is 747 g/mol. The number of hydrogen-bond donors (Lipinski definition) is 2. The molecule has 0 saturated heterocycles. The molecular weight excluding hydrogens is 699 g/mol. The Kier molecular flexibility index (Phi) is 11.8. The number of carbonyl (C=O) groups excluding carboxylic acids is 3. The molecule has 2 atom stereocenters. The lowest BCUT2D eigenvalue weighted by Gasteiger charge is -2.40. The van der Waals surface area contributed by atoms with E-state index in [1.165, 1.54) is 13.0 Å². The number of halogens is 2. The Morgan fingerprint density at radius 1 is 0.855 bits per heavy atom. The Morgan fingerprint density at radius 2 is 1.49 bits per heavy atom. The number of benzene rings is 4. The van der Waals surface area contributed by atoms with Gasteiger partial charge in [0.25, 0.3) is 0 Å². The van der Waals surface area contributed by atoms with Gasteiger partial charge in [0.2, 0.25) is 11.8 Å². The Balaban J connectivity index is 1.10. The number of nitrogens with zero attached hydrogens (tertiary/aromatic N) is 2. The van der Waals surface area contributed by atoms with Crippen LogP contribution in [0.4, 0.5) is 13.6 Å². The summed E-state index contributed by atoms with van der Waals surface area (Å²) in [5.41, 5.74) is 6.41. The van der Waals surface area contributed by atoms with E-state index in [-0.39, 0.29) is 36.4 Å². The Labute approximate surface area is 321 Å². The van der Waals surface area contributed by atoms with E-state index in [0.717, 1.165) is 45.6 Å². The Bertz CT molecular complexity index is 2110. The van der Waals surface area contributed by atoms with Crippen LogP contribution >= 0.6 is 0 Å². The molecule has 1 heterocycles.